The first-order valence-electron chi connectivity index (χ1n) is 7.01. The summed E-state index contributed by atoms with van der Waals surface area (Å²) < 4.78 is 0. The van der Waals surface area contributed by atoms with Gasteiger partial charge in [0.15, 0.2) is 0 Å². The molecule has 0 spiro atoms. The number of hydrogen-bond donors (Lipinski definition) is 1. The molecule has 1 saturated heterocycles. The molecule has 1 fully saturated rings. The molecule has 1 unspecified atom stereocenters. The van der Waals surface area contributed by atoms with Crippen LogP contribution in [0.25, 0.3) is 0 Å². The Balaban J connectivity index is 2.11. The van der Waals surface area contributed by atoms with Gasteiger partial charge in [0.1, 0.15) is 5.82 Å². The van der Waals surface area contributed by atoms with Gasteiger partial charge in [-0.15, -0.1) is 0 Å². The van der Waals surface area contributed by atoms with Crippen LogP contribution in [0.3, 0.4) is 0 Å². The molecule has 2 heterocycles. The van der Waals surface area contributed by atoms with E-state index in [0.29, 0.717) is 5.25 Å². The van der Waals surface area contributed by atoms with Gasteiger partial charge in [-0.05, 0) is 26.8 Å². The lowest BCUT2D eigenvalue weighted by molar-refractivity contribution is 0.424. The van der Waals surface area contributed by atoms with Crippen molar-refractivity contribution < 1.29 is 0 Å². The molecule has 1 aliphatic heterocycles. The van der Waals surface area contributed by atoms with E-state index in [1.165, 1.54) is 11.3 Å². The Hall–Kier alpha value is -0.740. The predicted molar refractivity (Wildman–Crippen MR) is 85.0 cm³/mol. The molecule has 1 N–H and O–H groups in total. The predicted octanol–water partition coefficient (Wildman–Crippen LogP) is 2.91. The fourth-order valence-electron chi connectivity index (χ4n) is 2.22. The van der Waals surface area contributed by atoms with Gasteiger partial charge in [0.05, 0.1) is 0 Å². The molecule has 2 rings (SSSR count). The van der Waals surface area contributed by atoms with Gasteiger partial charge in [0.2, 0.25) is 0 Å². The lowest BCUT2D eigenvalue weighted by Gasteiger charge is -2.33. The zero-order chi connectivity index (χ0) is 13.9. The summed E-state index contributed by atoms with van der Waals surface area (Å²) in [4.78, 5) is 7.05. The SMILES string of the molecule is CC1CN(c2ncccc2CNC(C)(C)C)CCS1. The largest absolute Gasteiger partial charge is 0.354 e. The number of anilines is 1. The first-order chi connectivity index (χ1) is 8.96. The number of thioether (sulfide) groups is 1. The molecule has 3 nitrogen and oxygen atoms in total. The van der Waals surface area contributed by atoms with Crippen LogP contribution in [0.2, 0.25) is 0 Å². The highest BCUT2D eigenvalue weighted by atomic mass is 32.2. The fourth-order valence-corrected chi connectivity index (χ4v) is 3.24. The van der Waals surface area contributed by atoms with Crippen molar-refractivity contribution in [1.29, 1.82) is 0 Å². The monoisotopic (exact) mass is 279 g/mol. The molecule has 1 aromatic heterocycles. The number of aromatic nitrogens is 1. The summed E-state index contributed by atoms with van der Waals surface area (Å²) in [6.45, 7) is 12.0. The van der Waals surface area contributed by atoms with E-state index >= 15 is 0 Å². The Morgan fingerprint density at radius 1 is 1.47 bits per heavy atom. The van der Waals surface area contributed by atoms with E-state index in [9.17, 15) is 0 Å². The van der Waals surface area contributed by atoms with Gasteiger partial charge in [-0.2, -0.15) is 11.8 Å². The molecule has 0 amide bonds. The van der Waals surface area contributed by atoms with E-state index in [1.807, 2.05) is 12.3 Å². The highest BCUT2D eigenvalue weighted by Gasteiger charge is 2.20. The number of nitrogens with one attached hydrogen (secondary N) is 1. The van der Waals surface area contributed by atoms with Crippen LogP contribution in [-0.2, 0) is 6.54 Å². The maximum absolute atomic E-state index is 4.61. The summed E-state index contributed by atoms with van der Waals surface area (Å²) in [5.41, 5.74) is 1.44. The van der Waals surface area contributed by atoms with Crippen LogP contribution in [0.4, 0.5) is 5.82 Å². The van der Waals surface area contributed by atoms with E-state index in [4.69, 9.17) is 0 Å². The van der Waals surface area contributed by atoms with Gasteiger partial charge >= 0.3 is 0 Å². The second kappa shape index (κ2) is 6.14. The Morgan fingerprint density at radius 3 is 2.95 bits per heavy atom. The molecular weight excluding hydrogens is 254 g/mol. The van der Waals surface area contributed by atoms with E-state index in [0.717, 1.165) is 25.5 Å². The van der Waals surface area contributed by atoms with Crippen LogP contribution in [0.1, 0.15) is 33.3 Å². The molecule has 1 aliphatic rings. The molecule has 0 saturated carbocycles. The first kappa shape index (κ1) is 14.7. The number of rotatable bonds is 3. The Kier molecular flexibility index (Phi) is 4.74. The van der Waals surface area contributed by atoms with Crippen LogP contribution in [0.15, 0.2) is 18.3 Å². The molecule has 19 heavy (non-hydrogen) atoms. The zero-order valence-electron chi connectivity index (χ0n) is 12.4. The molecule has 0 aromatic carbocycles. The van der Waals surface area contributed by atoms with Gasteiger partial charge in [0.25, 0.3) is 0 Å². The molecule has 0 radical (unpaired) electrons. The molecule has 106 valence electrons. The standard InChI is InChI=1S/C15H25N3S/c1-12-11-18(8-9-19-12)14-13(6-5-7-16-14)10-17-15(2,3)4/h5-7,12,17H,8-11H2,1-4H3. The average Bonchev–Trinajstić information content (AvgIpc) is 2.36. The normalized spacial score (nSPS) is 20.6. The molecule has 1 aromatic rings. The van der Waals surface area contributed by atoms with Crippen molar-refractivity contribution in [2.24, 2.45) is 0 Å². The zero-order valence-corrected chi connectivity index (χ0v) is 13.3. The third-order valence-corrected chi connectivity index (χ3v) is 4.35. The summed E-state index contributed by atoms with van der Waals surface area (Å²) >= 11 is 2.05. The van der Waals surface area contributed by atoms with E-state index in [2.05, 4.69) is 60.7 Å². The Labute approximate surface area is 121 Å². The quantitative estimate of drug-likeness (QED) is 0.921. The van der Waals surface area contributed by atoms with E-state index in [1.54, 1.807) is 0 Å². The van der Waals surface area contributed by atoms with Crippen LogP contribution < -0.4 is 10.2 Å². The second-order valence-electron chi connectivity index (χ2n) is 6.22. The Bertz CT molecular complexity index is 414. The van der Waals surface area contributed by atoms with Crippen LogP contribution in [-0.4, -0.2) is 34.6 Å². The van der Waals surface area contributed by atoms with Gasteiger partial charge in [0, 0.05) is 47.9 Å². The lowest BCUT2D eigenvalue weighted by atomic mass is 10.1. The van der Waals surface area contributed by atoms with Gasteiger partial charge in [-0.3, -0.25) is 0 Å². The molecule has 4 heteroatoms. The van der Waals surface area contributed by atoms with Crippen molar-refractivity contribution in [3.8, 4) is 0 Å². The van der Waals surface area contributed by atoms with Crippen molar-refractivity contribution in [3.63, 3.8) is 0 Å². The summed E-state index contributed by atoms with van der Waals surface area (Å²) in [7, 11) is 0. The van der Waals surface area contributed by atoms with Crippen LogP contribution >= 0.6 is 11.8 Å². The molecule has 0 aliphatic carbocycles. The minimum atomic E-state index is 0.137. The van der Waals surface area contributed by atoms with Crippen LogP contribution in [0, 0.1) is 0 Å². The topological polar surface area (TPSA) is 28.2 Å². The third-order valence-electron chi connectivity index (χ3n) is 3.22. The maximum Gasteiger partial charge on any atom is 0.133 e. The van der Waals surface area contributed by atoms with Crippen molar-refractivity contribution in [1.82, 2.24) is 10.3 Å². The third kappa shape index (κ3) is 4.39. The minimum Gasteiger partial charge on any atom is -0.354 e. The average molecular weight is 279 g/mol. The van der Waals surface area contributed by atoms with Crippen molar-refractivity contribution >= 4 is 17.6 Å². The smallest absolute Gasteiger partial charge is 0.133 e. The van der Waals surface area contributed by atoms with Crippen molar-refractivity contribution in [2.45, 2.75) is 45.0 Å². The number of pyridine rings is 1. The minimum absolute atomic E-state index is 0.137. The fraction of sp³-hybridized carbons (Fsp3) is 0.667. The summed E-state index contributed by atoms with van der Waals surface area (Å²) in [5.74, 6) is 2.36. The van der Waals surface area contributed by atoms with Crippen molar-refractivity contribution in [2.75, 3.05) is 23.7 Å². The van der Waals surface area contributed by atoms with E-state index < -0.39 is 0 Å². The van der Waals surface area contributed by atoms with Crippen molar-refractivity contribution in [3.05, 3.63) is 23.9 Å². The van der Waals surface area contributed by atoms with Gasteiger partial charge in [-0.25, -0.2) is 4.98 Å². The summed E-state index contributed by atoms with van der Waals surface area (Å²) in [6, 6.07) is 4.22. The van der Waals surface area contributed by atoms with Gasteiger partial charge < -0.3 is 10.2 Å². The second-order valence-corrected chi connectivity index (χ2v) is 7.76. The van der Waals surface area contributed by atoms with E-state index in [-0.39, 0.29) is 5.54 Å². The van der Waals surface area contributed by atoms with Gasteiger partial charge in [-0.1, -0.05) is 13.0 Å². The van der Waals surface area contributed by atoms with Crippen LogP contribution in [0.5, 0.6) is 0 Å². The summed E-state index contributed by atoms with van der Waals surface area (Å²) in [6.07, 6.45) is 1.91. The number of hydrogen-bond acceptors (Lipinski definition) is 4. The number of nitrogens with zero attached hydrogens (tertiary/aromatic N) is 2. The maximum atomic E-state index is 4.61. The highest BCUT2D eigenvalue weighted by molar-refractivity contribution is 8.00. The summed E-state index contributed by atoms with van der Waals surface area (Å²) in [5, 5.41) is 4.25. The first-order valence-corrected chi connectivity index (χ1v) is 8.06. The Morgan fingerprint density at radius 2 is 2.26 bits per heavy atom. The molecule has 1 atom stereocenters. The highest BCUT2D eigenvalue weighted by Crippen LogP contribution is 2.25. The molecular formula is C15H25N3S. The lowest BCUT2D eigenvalue weighted by Crippen LogP contribution is -2.39. The molecule has 0 bridgehead atoms.